The van der Waals surface area contributed by atoms with Crippen molar-refractivity contribution >= 4 is 23.4 Å². The number of carboxylic acids is 1. The molecule has 1 saturated carbocycles. The Morgan fingerprint density at radius 3 is 2.62 bits per heavy atom. The predicted octanol–water partition coefficient (Wildman–Crippen LogP) is 3.49. The molecular weight excluding hydrogens is 284 g/mol. The minimum absolute atomic E-state index is 0.563. The SMILES string of the molecule is O=C(O)/C=C/c1sc(CN2CCCCCC2)nc1C1CC1. The quantitative estimate of drug-likeness (QED) is 0.846. The number of aliphatic carboxylic acids is 1. The molecule has 0 bridgehead atoms. The first-order valence-corrected chi connectivity index (χ1v) is 8.67. The van der Waals surface area contributed by atoms with Crippen LogP contribution in [-0.2, 0) is 11.3 Å². The van der Waals surface area contributed by atoms with E-state index in [0.717, 1.165) is 22.1 Å². The number of carboxylic acid groups (broad SMARTS) is 1. The molecule has 0 amide bonds. The van der Waals surface area contributed by atoms with Crippen LogP contribution in [0.1, 0.15) is 60.0 Å². The fraction of sp³-hybridized carbons (Fsp3) is 0.625. The molecule has 0 unspecified atom stereocenters. The van der Waals surface area contributed by atoms with Gasteiger partial charge in [-0.2, -0.15) is 0 Å². The third-order valence-corrected chi connectivity index (χ3v) is 5.15. The Bertz CT molecular complexity index is 526. The zero-order valence-electron chi connectivity index (χ0n) is 12.3. The van der Waals surface area contributed by atoms with Gasteiger partial charge in [-0.25, -0.2) is 9.78 Å². The van der Waals surface area contributed by atoms with Crippen LogP contribution < -0.4 is 0 Å². The number of rotatable bonds is 5. The Labute approximate surface area is 129 Å². The molecule has 2 heterocycles. The lowest BCUT2D eigenvalue weighted by Gasteiger charge is -2.17. The second-order valence-corrected chi connectivity index (χ2v) is 7.11. The first-order valence-electron chi connectivity index (χ1n) is 7.85. The molecule has 2 aliphatic rings. The first-order chi connectivity index (χ1) is 10.2. The fourth-order valence-corrected chi connectivity index (χ4v) is 3.96. The minimum atomic E-state index is -0.890. The summed E-state index contributed by atoms with van der Waals surface area (Å²) in [4.78, 5) is 19.1. The maximum atomic E-state index is 10.7. The van der Waals surface area contributed by atoms with E-state index in [1.54, 1.807) is 17.4 Å². The average molecular weight is 306 g/mol. The summed E-state index contributed by atoms with van der Waals surface area (Å²) in [6.07, 6.45) is 10.6. The lowest BCUT2D eigenvalue weighted by Crippen LogP contribution is -2.23. The van der Waals surface area contributed by atoms with Crippen LogP contribution in [0.3, 0.4) is 0 Å². The van der Waals surface area contributed by atoms with E-state index in [-0.39, 0.29) is 0 Å². The summed E-state index contributed by atoms with van der Waals surface area (Å²) in [7, 11) is 0. The number of aromatic nitrogens is 1. The van der Waals surface area contributed by atoms with Crippen LogP contribution in [0.25, 0.3) is 6.08 Å². The molecule has 1 aliphatic heterocycles. The normalized spacial score (nSPS) is 20.8. The van der Waals surface area contributed by atoms with Crippen molar-refractivity contribution in [3.63, 3.8) is 0 Å². The standard InChI is InChI=1S/C16H22N2O2S/c19-15(20)8-7-13-16(12-5-6-12)17-14(21-13)11-18-9-3-1-2-4-10-18/h7-8,12H,1-6,9-11H2,(H,19,20)/b8-7+. The van der Waals surface area contributed by atoms with Crippen molar-refractivity contribution in [1.82, 2.24) is 9.88 Å². The van der Waals surface area contributed by atoms with Gasteiger partial charge in [-0.1, -0.05) is 12.8 Å². The number of thiazole rings is 1. The lowest BCUT2D eigenvalue weighted by atomic mass is 10.2. The van der Waals surface area contributed by atoms with E-state index in [2.05, 4.69) is 4.90 Å². The van der Waals surface area contributed by atoms with Crippen molar-refractivity contribution in [2.45, 2.75) is 51.0 Å². The van der Waals surface area contributed by atoms with E-state index in [1.165, 1.54) is 57.7 Å². The molecule has 1 aromatic heterocycles. The molecule has 3 rings (SSSR count). The summed E-state index contributed by atoms with van der Waals surface area (Å²) < 4.78 is 0. The van der Waals surface area contributed by atoms with Crippen LogP contribution in [0, 0.1) is 0 Å². The van der Waals surface area contributed by atoms with E-state index < -0.39 is 5.97 Å². The van der Waals surface area contributed by atoms with Crippen LogP contribution in [0.15, 0.2) is 6.08 Å². The van der Waals surface area contributed by atoms with Gasteiger partial charge in [0, 0.05) is 12.0 Å². The molecular formula is C16H22N2O2S. The van der Waals surface area contributed by atoms with E-state index in [1.807, 2.05) is 0 Å². The highest BCUT2D eigenvalue weighted by molar-refractivity contribution is 7.12. The Balaban J connectivity index is 1.72. The Morgan fingerprint density at radius 2 is 2.00 bits per heavy atom. The maximum Gasteiger partial charge on any atom is 0.328 e. The minimum Gasteiger partial charge on any atom is -0.478 e. The van der Waals surface area contributed by atoms with Gasteiger partial charge in [-0.15, -0.1) is 11.3 Å². The average Bonchev–Trinajstić information content (AvgIpc) is 3.24. The predicted molar refractivity (Wildman–Crippen MR) is 84.5 cm³/mol. The van der Waals surface area contributed by atoms with Gasteiger partial charge >= 0.3 is 5.97 Å². The van der Waals surface area contributed by atoms with Crippen molar-refractivity contribution in [2.75, 3.05) is 13.1 Å². The summed E-state index contributed by atoms with van der Waals surface area (Å²) in [6.45, 7) is 3.25. The largest absolute Gasteiger partial charge is 0.478 e. The third-order valence-electron chi connectivity index (χ3n) is 4.12. The summed E-state index contributed by atoms with van der Waals surface area (Å²) in [6, 6.07) is 0. The molecule has 1 aromatic rings. The van der Waals surface area contributed by atoms with Gasteiger partial charge in [0.2, 0.25) is 0 Å². The number of hydrogen-bond acceptors (Lipinski definition) is 4. The second kappa shape index (κ2) is 6.71. The van der Waals surface area contributed by atoms with Gasteiger partial charge in [0.05, 0.1) is 17.1 Å². The fourth-order valence-electron chi connectivity index (χ4n) is 2.86. The summed E-state index contributed by atoms with van der Waals surface area (Å²) in [5.41, 5.74) is 1.13. The zero-order valence-corrected chi connectivity index (χ0v) is 13.1. The van der Waals surface area contributed by atoms with Crippen LogP contribution in [0.4, 0.5) is 0 Å². The topological polar surface area (TPSA) is 53.4 Å². The van der Waals surface area contributed by atoms with Gasteiger partial charge in [-0.05, 0) is 44.8 Å². The van der Waals surface area contributed by atoms with Crippen molar-refractivity contribution in [2.24, 2.45) is 0 Å². The van der Waals surface area contributed by atoms with Crippen molar-refractivity contribution in [3.05, 3.63) is 21.7 Å². The molecule has 0 radical (unpaired) electrons. The summed E-state index contributed by atoms with van der Waals surface area (Å²) >= 11 is 1.67. The van der Waals surface area contributed by atoms with Crippen LogP contribution in [0.2, 0.25) is 0 Å². The Morgan fingerprint density at radius 1 is 1.29 bits per heavy atom. The van der Waals surface area contributed by atoms with Gasteiger partial charge in [0.15, 0.2) is 0 Å². The molecule has 4 nitrogen and oxygen atoms in total. The smallest absolute Gasteiger partial charge is 0.328 e. The summed E-state index contributed by atoms with van der Waals surface area (Å²) in [5, 5.41) is 9.95. The van der Waals surface area contributed by atoms with Crippen LogP contribution >= 0.6 is 11.3 Å². The molecule has 114 valence electrons. The first kappa shape index (κ1) is 14.7. The lowest BCUT2D eigenvalue weighted by molar-refractivity contribution is -0.131. The summed E-state index contributed by atoms with van der Waals surface area (Å²) in [5.74, 6) is -0.327. The molecule has 0 spiro atoms. The number of carbonyl (C=O) groups is 1. The maximum absolute atomic E-state index is 10.7. The third kappa shape index (κ3) is 4.14. The molecule has 1 aliphatic carbocycles. The van der Waals surface area contributed by atoms with Gasteiger partial charge in [-0.3, -0.25) is 4.90 Å². The van der Waals surface area contributed by atoms with Crippen molar-refractivity contribution in [3.8, 4) is 0 Å². The number of nitrogens with zero attached hydrogens (tertiary/aromatic N) is 2. The Kier molecular flexibility index (Phi) is 4.70. The van der Waals surface area contributed by atoms with Gasteiger partial charge in [0.1, 0.15) is 5.01 Å². The van der Waals surface area contributed by atoms with Gasteiger partial charge in [0.25, 0.3) is 0 Å². The van der Waals surface area contributed by atoms with E-state index >= 15 is 0 Å². The van der Waals surface area contributed by atoms with Crippen LogP contribution in [-0.4, -0.2) is 34.0 Å². The highest BCUT2D eigenvalue weighted by atomic mass is 32.1. The highest BCUT2D eigenvalue weighted by Crippen LogP contribution is 2.43. The molecule has 0 atom stereocenters. The molecule has 21 heavy (non-hydrogen) atoms. The van der Waals surface area contributed by atoms with E-state index in [9.17, 15) is 4.79 Å². The highest BCUT2D eigenvalue weighted by Gasteiger charge is 2.29. The molecule has 0 aromatic carbocycles. The molecule has 2 fully saturated rings. The molecule has 5 heteroatoms. The molecule has 1 saturated heterocycles. The number of hydrogen-bond donors (Lipinski definition) is 1. The van der Waals surface area contributed by atoms with Gasteiger partial charge < -0.3 is 5.11 Å². The van der Waals surface area contributed by atoms with E-state index in [4.69, 9.17) is 10.1 Å². The van der Waals surface area contributed by atoms with Crippen molar-refractivity contribution in [1.29, 1.82) is 0 Å². The molecule has 1 N–H and O–H groups in total. The second-order valence-electron chi connectivity index (χ2n) is 5.99. The van der Waals surface area contributed by atoms with E-state index in [0.29, 0.717) is 5.92 Å². The van der Waals surface area contributed by atoms with Crippen molar-refractivity contribution < 1.29 is 9.90 Å². The van der Waals surface area contributed by atoms with Crippen LogP contribution in [0.5, 0.6) is 0 Å². The Hall–Kier alpha value is -1.20. The zero-order chi connectivity index (χ0) is 14.7. The number of likely N-dealkylation sites (tertiary alicyclic amines) is 1. The monoisotopic (exact) mass is 306 g/mol.